The summed E-state index contributed by atoms with van der Waals surface area (Å²) in [5.41, 5.74) is -0.732. The van der Waals surface area contributed by atoms with E-state index in [1.54, 1.807) is 11.9 Å². The summed E-state index contributed by atoms with van der Waals surface area (Å²) in [6.45, 7) is 6.86. The second-order valence-electron chi connectivity index (χ2n) is 28.4. The molecule has 2 saturated carbocycles. The van der Waals surface area contributed by atoms with Gasteiger partial charge in [-0.3, -0.25) is 57.5 Å². The molecule has 552 valence electrons. The second-order valence-corrected chi connectivity index (χ2v) is 28.9. The summed E-state index contributed by atoms with van der Waals surface area (Å²) < 4.78 is 41.2. The average molecular weight is 1410 g/mol. The van der Waals surface area contributed by atoms with Crippen molar-refractivity contribution < 1.29 is 70.7 Å². The first-order chi connectivity index (χ1) is 46.8. The van der Waals surface area contributed by atoms with E-state index in [-0.39, 0.29) is 88.1 Å². The standard InChI is InChI=1S/C71H108ClF3N12O12/c1-11-24-52-66(95)81(6)44-61(91)79(4)45-62(92)83(8)56(41-47-25-15-12-16-26-47)68(97)80(5)43-58(88)77-53(34-32-48-31-33-50(51(72)40-48)71(73,74)75)67(96)87-38-23-29-54(87)64(93)76-35-20-19-30-59(89)85(10)63(49-27-17-13-18-28-49)70(99)84(9)57(69(98)86-36-21-14-22-37-86)42-60(90)82(7)55(39-46(2)3)65(94)78-52/h11,31,33,40,46-47,49,52-57,63H,1,12-30,32,34-39,41-45H2,2-10H3,(H,76,93)(H,77,88)(H,78,94)/t52-,53-,54-,55-,56-,57-,63-/m0/s1. The van der Waals surface area contributed by atoms with Gasteiger partial charge in [-0.1, -0.05) is 89.0 Å². The minimum atomic E-state index is -4.74. The summed E-state index contributed by atoms with van der Waals surface area (Å²) in [6.07, 6.45) is 7.97. The molecule has 3 N–H and O–H groups in total. The van der Waals surface area contributed by atoms with Crippen LogP contribution >= 0.6 is 11.6 Å². The molecule has 3 aliphatic heterocycles. The van der Waals surface area contributed by atoms with Crippen LogP contribution in [-0.2, 0) is 70.1 Å². The molecule has 5 aliphatic rings. The minimum absolute atomic E-state index is 0.0212. The Morgan fingerprint density at radius 2 is 1.23 bits per heavy atom. The zero-order valence-electron chi connectivity index (χ0n) is 59.6. The highest BCUT2D eigenvalue weighted by molar-refractivity contribution is 6.31. The lowest BCUT2D eigenvalue weighted by Crippen LogP contribution is -2.59. The van der Waals surface area contributed by atoms with Gasteiger partial charge in [0.1, 0.15) is 42.3 Å². The van der Waals surface area contributed by atoms with E-state index in [1.807, 2.05) is 13.8 Å². The number of alkyl halides is 3. The lowest BCUT2D eigenvalue weighted by atomic mass is 9.82. The smallest absolute Gasteiger partial charge is 0.354 e. The Morgan fingerprint density at radius 1 is 0.616 bits per heavy atom. The Labute approximate surface area is 587 Å². The highest BCUT2D eigenvalue weighted by Crippen LogP contribution is 2.36. The number of hydrogen-bond donors (Lipinski definition) is 3. The number of nitrogens with zero attached hydrogens (tertiary/aromatic N) is 9. The molecule has 28 heteroatoms. The number of hydrogen-bond acceptors (Lipinski definition) is 12. The number of aryl methyl sites for hydroxylation is 1. The fourth-order valence-corrected chi connectivity index (χ4v) is 14.8. The first kappa shape index (κ1) is 80.7. The van der Waals surface area contributed by atoms with E-state index in [2.05, 4.69) is 22.5 Å². The third-order valence-corrected chi connectivity index (χ3v) is 20.9. The van der Waals surface area contributed by atoms with Crippen LogP contribution in [0, 0.1) is 17.8 Å². The van der Waals surface area contributed by atoms with E-state index in [0.717, 1.165) is 84.6 Å². The minimum Gasteiger partial charge on any atom is -0.354 e. The molecule has 0 radical (unpaired) electrons. The number of piperidine rings is 1. The van der Waals surface area contributed by atoms with Crippen LogP contribution < -0.4 is 16.0 Å². The van der Waals surface area contributed by atoms with Gasteiger partial charge >= 0.3 is 6.18 Å². The lowest BCUT2D eigenvalue weighted by molar-refractivity contribution is -0.155. The Bertz CT molecular complexity index is 3030. The maximum absolute atomic E-state index is 15.3. The Kier molecular flexibility index (Phi) is 30.9. The van der Waals surface area contributed by atoms with Crippen molar-refractivity contribution >= 4 is 82.5 Å². The molecule has 99 heavy (non-hydrogen) atoms. The number of halogens is 4. The van der Waals surface area contributed by atoms with Gasteiger partial charge in [0.15, 0.2) is 0 Å². The molecule has 1 aromatic carbocycles. The summed E-state index contributed by atoms with van der Waals surface area (Å²) in [6, 6.07) is -5.08. The second kappa shape index (κ2) is 37.9. The normalized spacial score (nSPS) is 25.9. The topological polar surface area (TPSA) is 270 Å². The predicted molar refractivity (Wildman–Crippen MR) is 366 cm³/mol. The lowest BCUT2D eigenvalue weighted by Gasteiger charge is -2.41. The number of likely N-dealkylation sites (N-methyl/N-ethyl adjacent to an activating group) is 7. The molecule has 0 unspecified atom stereocenters. The first-order valence-corrected chi connectivity index (χ1v) is 35.9. The SMILES string of the molecule is C=CC[C@@H]1NC(=O)[C@H](CC(C)C)N(C)C(=O)C[C@@H](C(=O)N2CCCCC2)N(C)C(=O)[C@H](C2CCCCC2)N(C)C(=O)CCCCNC(=O)[C@@H]2CCCN2C(=O)[C@H](CCc2ccc(C(F)(F)F)c(Cl)c2)NC(=O)CN(C)C(=O)[C@H](CC2CCCCC2)N(C)C(=O)CN(C)C(=O)CN(C)C1=O. The van der Waals surface area contributed by atoms with E-state index in [9.17, 15) is 65.9 Å². The van der Waals surface area contributed by atoms with Crippen LogP contribution in [0.5, 0.6) is 0 Å². The highest BCUT2D eigenvalue weighted by Gasteiger charge is 2.45. The zero-order chi connectivity index (χ0) is 73.0. The van der Waals surface area contributed by atoms with E-state index < -0.39 is 150 Å². The van der Waals surface area contributed by atoms with Gasteiger partial charge in [-0.05, 0) is 125 Å². The Hall–Kier alpha value is -7.32. The molecule has 3 heterocycles. The van der Waals surface area contributed by atoms with Crippen LogP contribution in [0.1, 0.15) is 173 Å². The molecule has 12 amide bonds. The number of carbonyl (C=O) groups is 12. The third-order valence-electron chi connectivity index (χ3n) is 20.6. The summed E-state index contributed by atoms with van der Waals surface area (Å²) in [7, 11) is 9.99. The van der Waals surface area contributed by atoms with E-state index in [4.69, 9.17) is 11.6 Å². The number of nitrogens with one attached hydrogen (secondary N) is 3. The fourth-order valence-electron chi connectivity index (χ4n) is 14.5. The highest BCUT2D eigenvalue weighted by atomic mass is 35.5. The van der Waals surface area contributed by atoms with Crippen molar-refractivity contribution in [2.75, 3.05) is 95.1 Å². The molecule has 7 atom stereocenters. The molecule has 5 fully saturated rings. The van der Waals surface area contributed by atoms with Gasteiger partial charge in [0.05, 0.1) is 36.6 Å². The van der Waals surface area contributed by atoms with Crippen LogP contribution in [0.25, 0.3) is 0 Å². The molecular formula is C71H108ClF3N12O12. The molecule has 0 bridgehead atoms. The van der Waals surface area contributed by atoms with Crippen molar-refractivity contribution in [1.29, 1.82) is 0 Å². The molecule has 3 saturated heterocycles. The number of benzene rings is 1. The summed E-state index contributed by atoms with van der Waals surface area (Å²) >= 11 is 6.10. The van der Waals surface area contributed by atoms with E-state index >= 15 is 4.79 Å². The molecule has 1 aromatic rings. The van der Waals surface area contributed by atoms with E-state index in [0.29, 0.717) is 57.2 Å². The van der Waals surface area contributed by atoms with Gasteiger partial charge in [-0.15, -0.1) is 6.58 Å². The van der Waals surface area contributed by atoms with Crippen LogP contribution in [0.2, 0.25) is 5.02 Å². The maximum atomic E-state index is 15.3. The van der Waals surface area contributed by atoms with Crippen LogP contribution in [0.4, 0.5) is 13.2 Å². The number of rotatable bonds is 11. The Balaban J connectivity index is 1.33. The number of amides is 12. The molecular weight excluding hydrogens is 1310 g/mol. The molecule has 6 rings (SSSR count). The van der Waals surface area contributed by atoms with Gasteiger partial charge in [-0.25, -0.2) is 0 Å². The summed E-state index contributed by atoms with van der Waals surface area (Å²) in [5, 5.41) is 7.87. The largest absolute Gasteiger partial charge is 0.417 e. The number of fused-ring (bicyclic) bond motifs is 1. The third kappa shape index (κ3) is 22.6. The van der Waals surface area contributed by atoms with Crippen LogP contribution in [0.3, 0.4) is 0 Å². The van der Waals surface area contributed by atoms with Crippen LogP contribution in [-0.4, -0.2) is 252 Å². The molecule has 0 aromatic heterocycles. The summed E-state index contributed by atoms with van der Waals surface area (Å²) in [4.78, 5) is 186. The van der Waals surface area contributed by atoms with Gasteiger partial charge in [0, 0.05) is 81.9 Å². The monoisotopic (exact) mass is 1410 g/mol. The first-order valence-electron chi connectivity index (χ1n) is 35.6. The summed E-state index contributed by atoms with van der Waals surface area (Å²) in [5.74, 6) is -7.62. The molecule has 2 aliphatic carbocycles. The van der Waals surface area contributed by atoms with E-state index in [1.165, 1.54) is 78.9 Å². The van der Waals surface area contributed by atoms with Crippen LogP contribution in [0.15, 0.2) is 30.9 Å². The maximum Gasteiger partial charge on any atom is 0.417 e. The van der Waals surface area contributed by atoms with Crippen molar-refractivity contribution in [3.8, 4) is 0 Å². The molecule has 0 spiro atoms. The van der Waals surface area contributed by atoms with Crippen molar-refractivity contribution in [2.24, 2.45) is 17.8 Å². The van der Waals surface area contributed by atoms with Gasteiger partial charge in [-0.2, -0.15) is 13.2 Å². The predicted octanol–water partition coefficient (Wildman–Crippen LogP) is 5.81. The Morgan fingerprint density at radius 3 is 1.86 bits per heavy atom. The van der Waals surface area contributed by atoms with Gasteiger partial charge in [0.25, 0.3) is 0 Å². The van der Waals surface area contributed by atoms with Crippen molar-refractivity contribution in [2.45, 2.75) is 216 Å². The van der Waals surface area contributed by atoms with Gasteiger partial charge in [0.2, 0.25) is 70.9 Å². The number of likely N-dealkylation sites (tertiary alicyclic amines) is 1. The quantitative estimate of drug-likeness (QED) is 0.222. The molecule has 24 nitrogen and oxygen atoms in total. The number of carbonyl (C=O) groups excluding carboxylic acids is 12. The fraction of sp³-hybridized carbons (Fsp3) is 0.718. The zero-order valence-corrected chi connectivity index (χ0v) is 60.4. The van der Waals surface area contributed by atoms with Crippen molar-refractivity contribution in [3.05, 3.63) is 47.0 Å². The van der Waals surface area contributed by atoms with Gasteiger partial charge < -0.3 is 60.0 Å². The van der Waals surface area contributed by atoms with Crippen molar-refractivity contribution in [3.63, 3.8) is 0 Å². The average Bonchev–Trinajstić information content (AvgIpc) is 1.68. The van der Waals surface area contributed by atoms with Crippen molar-refractivity contribution in [1.82, 2.24) is 60.0 Å².